The summed E-state index contributed by atoms with van der Waals surface area (Å²) in [5.74, 6) is 0. The van der Waals surface area contributed by atoms with Crippen LogP contribution in [0.4, 0.5) is 0 Å². The van der Waals surface area contributed by atoms with Crippen molar-refractivity contribution in [2.24, 2.45) is 0 Å². The zero-order valence-corrected chi connectivity index (χ0v) is 9.39. The van der Waals surface area contributed by atoms with Gasteiger partial charge in [-0.15, -0.1) is 5.10 Å². The molecule has 86 valence electrons. The lowest BCUT2D eigenvalue weighted by atomic mass is 10.4. The highest BCUT2D eigenvalue weighted by Crippen LogP contribution is 1.78. The van der Waals surface area contributed by atoms with Crippen molar-refractivity contribution in [3.05, 3.63) is 85.3 Å². The molecule has 0 N–H and O–H groups in total. The third kappa shape index (κ3) is 8.57. The van der Waals surface area contributed by atoms with Gasteiger partial charge in [-0.1, -0.05) is 60.7 Å². The smallest absolute Gasteiger partial charge is 0.124 e. The van der Waals surface area contributed by atoms with Crippen molar-refractivity contribution in [3.8, 4) is 0 Å². The van der Waals surface area contributed by atoms with Gasteiger partial charge in [-0.05, 0) is 12.1 Å². The van der Waals surface area contributed by atoms with Crippen LogP contribution in [-0.4, -0.2) is 10.4 Å². The van der Waals surface area contributed by atoms with Gasteiger partial charge in [-0.25, -0.2) is 0 Å². The maximum absolute atomic E-state index is 4.76. The predicted molar refractivity (Wildman–Crippen MR) is 67.2 cm³/mol. The van der Waals surface area contributed by atoms with Crippen LogP contribution in [-0.2, 0) is 0 Å². The number of aromatic nitrogens is 2. The van der Waals surface area contributed by atoms with E-state index in [1.54, 1.807) is 18.3 Å². The number of nitrogens with zero attached hydrogens (tertiary/aromatic N) is 2. The van der Waals surface area contributed by atoms with Crippen LogP contribution in [0, 0.1) is 0 Å². The molecule has 1 aromatic heterocycles. The highest BCUT2D eigenvalue weighted by atomic mass is 16.5. The van der Waals surface area contributed by atoms with E-state index in [9.17, 15) is 0 Å². The Morgan fingerprint density at radius 2 is 1.00 bits per heavy atom. The van der Waals surface area contributed by atoms with Gasteiger partial charge in [0.25, 0.3) is 0 Å². The third-order valence-electron chi connectivity index (χ3n) is 1.61. The Morgan fingerprint density at radius 3 is 1.59 bits per heavy atom. The fourth-order valence-corrected chi connectivity index (χ4v) is 0.892. The van der Waals surface area contributed by atoms with Gasteiger partial charge in [-0.2, -0.15) is 0 Å². The Kier molecular flexibility index (Phi) is 7.52. The highest BCUT2D eigenvalue weighted by molar-refractivity contribution is 4.96. The molecule has 1 aromatic rings. The van der Waals surface area contributed by atoms with Crippen LogP contribution in [0.3, 0.4) is 0 Å². The van der Waals surface area contributed by atoms with Gasteiger partial charge in [0.05, 0.1) is 6.20 Å². The van der Waals surface area contributed by atoms with Gasteiger partial charge >= 0.3 is 0 Å². The Morgan fingerprint density at radius 1 is 0.529 bits per heavy atom. The first-order valence-electron chi connectivity index (χ1n) is 5.21. The molecule has 3 heteroatoms. The lowest BCUT2D eigenvalue weighted by molar-refractivity contribution is 0.367. The number of hydrogen-bond donors (Lipinski definition) is 0. The van der Waals surface area contributed by atoms with Gasteiger partial charge < -0.3 is 4.52 Å². The summed E-state index contributed by atoms with van der Waals surface area (Å²) in [5, 5.41) is 7.12. The lowest BCUT2D eigenvalue weighted by Gasteiger charge is -1.67. The fraction of sp³-hybridized carbons (Fsp3) is 0. The molecule has 0 aliphatic rings. The monoisotopic (exact) mass is 226 g/mol. The normalized spacial score (nSPS) is 8.00. The largest absolute Gasteiger partial charge is 0.347 e. The Bertz CT molecular complexity index is 285. The molecule has 0 atom stereocenters. The van der Waals surface area contributed by atoms with Gasteiger partial charge in [0.1, 0.15) is 6.26 Å². The molecule has 0 spiro atoms. The third-order valence-corrected chi connectivity index (χ3v) is 1.61. The molecule has 0 fully saturated rings. The van der Waals surface area contributed by atoms with Crippen LogP contribution >= 0.6 is 0 Å². The quantitative estimate of drug-likeness (QED) is 0.680. The second-order valence-corrected chi connectivity index (χ2v) is 2.90. The van der Waals surface area contributed by atoms with Crippen LogP contribution in [0.25, 0.3) is 0 Å². The summed E-state index contributed by atoms with van der Waals surface area (Å²) >= 11 is 0. The minimum Gasteiger partial charge on any atom is -0.347 e. The summed E-state index contributed by atoms with van der Waals surface area (Å²) in [6.07, 6.45) is 3.00. The summed E-state index contributed by atoms with van der Waals surface area (Å²) < 4.78 is 4.76. The van der Waals surface area contributed by atoms with E-state index in [1.165, 1.54) is 6.26 Å². The van der Waals surface area contributed by atoms with Gasteiger partial charge in [0.15, 0.2) is 0 Å². The van der Waals surface area contributed by atoms with Crippen LogP contribution < -0.4 is 0 Å². The topological polar surface area (TPSA) is 38.9 Å². The molecule has 0 saturated carbocycles. The molecule has 17 heavy (non-hydrogen) atoms. The van der Waals surface area contributed by atoms with E-state index in [2.05, 4.69) is 10.4 Å². The van der Waals surface area contributed by atoms with Crippen molar-refractivity contribution in [3.63, 3.8) is 0 Å². The first-order chi connectivity index (χ1) is 8.50. The minimum atomic E-state index is 1.45. The summed E-state index contributed by atoms with van der Waals surface area (Å²) in [6.45, 7) is 0. The molecule has 0 amide bonds. The molecule has 0 saturated heterocycles. The average Bonchev–Trinajstić information content (AvgIpc) is 2.35. The molecule has 0 unspecified atom stereocenters. The van der Waals surface area contributed by atoms with Crippen LogP contribution in [0.2, 0.25) is 0 Å². The maximum Gasteiger partial charge on any atom is 0.124 e. The summed E-state index contributed by atoms with van der Waals surface area (Å²) in [6, 6.07) is 22.6. The highest BCUT2D eigenvalue weighted by Gasteiger charge is 1.60. The first kappa shape index (κ1) is 12.6. The predicted octanol–water partition coefficient (Wildman–Crippen LogP) is 3.44. The standard InChI is InChI=1S/C14H14N2O/c1-2-4-6-8-10-12-14-17-16-15-13-11-9-7-5-3-1/h1-14H. The summed E-state index contributed by atoms with van der Waals surface area (Å²) in [4.78, 5) is 0. The molecular formula is C14H14N2O. The summed E-state index contributed by atoms with van der Waals surface area (Å²) in [7, 11) is 0. The molecular weight excluding hydrogens is 212 g/mol. The lowest BCUT2D eigenvalue weighted by Crippen LogP contribution is -1.65. The van der Waals surface area contributed by atoms with Crippen LogP contribution in [0.1, 0.15) is 0 Å². The van der Waals surface area contributed by atoms with E-state index in [0.717, 1.165) is 0 Å². The van der Waals surface area contributed by atoms with Crippen molar-refractivity contribution in [2.75, 3.05) is 0 Å². The van der Waals surface area contributed by atoms with E-state index < -0.39 is 0 Å². The second-order valence-electron chi connectivity index (χ2n) is 2.90. The van der Waals surface area contributed by atoms with Crippen molar-refractivity contribution < 1.29 is 4.52 Å². The Balaban J connectivity index is 3.01. The molecule has 1 heterocycles. The van der Waals surface area contributed by atoms with Gasteiger partial charge in [0, 0.05) is 5.27 Å². The SMILES string of the molecule is c1ccccccconncccccc1. The first-order valence-corrected chi connectivity index (χ1v) is 5.21. The van der Waals surface area contributed by atoms with E-state index in [0.29, 0.717) is 0 Å². The maximum atomic E-state index is 4.76. The molecule has 0 aliphatic heterocycles. The second kappa shape index (κ2) is 10.1. The van der Waals surface area contributed by atoms with Crippen LogP contribution in [0.15, 0.2) is 89.8 Å². The van der Waals surface area contributed by atoms with Crippen molar-refractivity contribution in [2.45, 2.75) is 0 Å². The number of rotatable bonds is 0. The average molecular weight is 226 g/mol. The zero-order valence-electron chi connectivity index (χ0n) is 9.39. The van der Waals surface area contributed by atoms with Gasteiger partial charge in [-0.3, -0.25) is 0 Å². The van der Waals surface area contributed by atoms with Gasteiger partial charge in [0.2, 0.25) is 0 Å². The molecule has 0 radical (unpaired) electrons. The van der Waals surface area contributed by atoms with Crippen LogP contribution in [0.5, 0.6) is 0 Å². The van der Waals surface area contributed by atoms with E-state index in [4.69, 9.17) is 4.52 Å². The van der Waals surface area contributed by atoms with E-state index in [1.807, 2.05) is 60.7 Å². The van der Waals surface area contributed by atoms with E-state index in [-0.39, 0.29) is 0 Å². The Labute approximate surface area is 101 Å². The van der Waals surface area contributed by atoms with Crippen molar-refractivity contribution in [1.29, 1.82) is 0 Å². The fourth-order valence-electron chi connectivity index (χ4n) is 0.892. The minimum absolute atomic E-state index is 1.45. The zero-order chi connectivity index (χ0) is 12.0. The Hall–Kier alpha value is -2.42. The molecule has 1 rings (SSSR count). The van der Waals surface area contributed by atoms with Crippen molar-refractivity contribution >= 4 is 0 Å². The molecule has 0 aliphatic carbocycles. The van der Waals surface area contributed by atoms with E-state index >= 15 is 0 Å². The summed E-state index contributed by atoms with van der Waals surface area (Å²) in [5.41, 5.74) is 0. The molecule has 3 nitrogen and oxygen atoms in total. The molecule has 0 aromatic carbocycles. The number of hydrogen-bond acceptors (Lipinski definition) is 3. The molecule has 0 bridgehead atoms. The van der Waals surface area contributed by atoms with Crippen molar-refractivity contribution in [1.82, 2.24) is 10.4 Å².